The number of sulfonamides is 1. The van der Waals surface area contributed by atoms with Gasteiger partial charge in [-0.2, -0.15) is 0 Å². The summed E-state index contributed by atoms with van der Waals surface area (Å²) in [6.07, 6.45) is 0. The van der Waals surface area contributed by atoms with Gasteiger partial charge in [0.05, 0.1) is 16.1 Å². The molecule has 2 rings (SSSR count). The first-order valence-corrected chi connectivity index (χ1v) is 8.62. The number of rotatable bonds is 4. The highest BCUT2D eigenvalue weighted by atomic mass is 79.9. The SMILES string of the molecule is Cc1cc(C)c(S(=O)(=O)Nc2ccccc2Br)cc1C(=O)O. The number of benzene rings is 2. The van der Waals surface area contributed by atoms with Crippen molar-refractivity contribution in [1.29, 1.82) is 0 Å². The highest BCUT2D eigenvalue weighted by Crippen LogP contribution is 2.27. The molecule has 22 heavy (non-hydrogen) atoms. The second kappa shape index (κ2) is 6.10. The van der Waals surface area contributed by atoms with Crippen LogP contribution in [0.2, 0.25) is 0 Å². The third-order valence-electron chi connectivity index (χ3n) is 3.16. The summed E-state index contributed by atoms with van der Waals surface area (Å²) >= 11 is 3.27. The van der Waals surface area contributed by atoms with Crippen molar-refractivity contribution in [2.45, 2.75) is 18.7 Å². The number of carboxylic acids is 1. The summed E-state index contributed by atoms with van der Waals surface area (Å²) in [6.45, 7) is 3.27. The van der Waals surface area contributed by atoms with Crippen LogP contribution in [0, 0.1) is 13.8 Å². The third-order valence-corrected chi connectivity index (χ3v) is 5.36. The van der Waals surface area contributed by atoms with E-state index in [9.17, 15) is 13.2 Å². The van der Waals surface area contributed by atoms with Gasteiger partial charge in [-0.15, -0.1) is 0 Å². The standard InChI is InChI=1S/C15H14BrNO4S/c1-9-7-10(2)14(8-11(9)15(18)19)22(20,21)17-13-6-4-3-5-12(13)16/h3-8,17H,1-2H3,(H,18,19). The second-order valence-electron chi connectivity index (χ2n) is 4.82. The molecule has 0 saturated heterocycles. The van der Waals surface area contributed by atoms with Crippen LogP contribution in [0.25, 0.3) is 0 Å². The number of aromatic carboxylic acids is 1. The molecule has 2 aromatic carbocycles. The number of aryl methyl sites for hydroxylation is 2. The molecule has 0 unspecified atom stereocenters. The molecule has 0 aliphatic heterocycles. The normalized spacial score (nSPS) is 11.2. The fourth-order valence-electron chi connectivity index (χ4n) is 2.10. The number of halogens is 1. The maximum Gasteiger partial charge on any atom is 0.335 e. The first kappa shape index (κ1) is 16.5. The van der Waals surface area contributed by atoms with Gasteiger partial charge in [-0.25, -0.2) is 13.2 Å². The van der Waals surface area contributed by atoms with Crippen molar-refractivity contribution in [3.8, 4) is 0 Å². The Morgan fingerprint density at radius 1 is 1.14 bits per heavy atom. The Balaban J connectivity index is 2.52. The van der Waals surface area contributed by atoms with Gasteiger partial charge in [0.2, 0.25) is 0 Å². The van der Waals surface area contributed by atoms with Crippen LogP contribution in [0.5, 0.6) is 0 Å². The van der Waals surface area contributed by atoms with Crippen molar-refractivity contribution < 1.29 is 18.3 Å². The molecule has 0 atom stereocenters. The number of nitrogens with one attached hydrogen (secondary N) is 1. The molecule has 5 nitrogen and oxygen atoms in total. The number of hydrogen-bond acceptors (Lipinski definition) is 3. The molecule has 0 fully saturated rings. The molecular weight excluding hydrogens is 370 g/mol. The average molecular weight is 384 g/mol. The summed E-state index contributed by atoms with van der Waals surface area (Å²) in [6, 6.07) is 9.53. The van der Waals surface area contributed by atoms with E-state index in [2.05, 4.69) is 20.7 Å². The number of para-hydroxylation sites is 1. The van der Waals surface area contributed by atoms with Crippen molar-refractivity contribution >= 4 is 37.6 Å². The van der Waals surface area contributed by atoms with Gasteiger partial charge >= 0.3 is 5.97 Å². The monoisotopic (exact) mass is 383 g/mol. The van der Waals surface area contributed by atoms with E-state index in [0.29, 0.717) is 21.3 Å². The number of carboxylic acid groups (broad SMARTS) is 1. The minimum absolute atomic E-state index is 0.0295. The van der Waals surface area contributed by atoms with Crippen molar-refractivity contribution in [3.05, 3.63) is 57.6 Å². The number of hydrogen-bond donors (Lipinski definition) is 2. The molecule has 116 valence electrons. The maximum absolute atomic E-state index is 12.5. The van der Waals surface area contributed by atoms with Gasteiger partial charge in [0, 0.05) is 4.47 Å². The summed E-state index contributed by atoms with van der Waals surface area (Å²) in [5.41, 5.74) is 1.37. The van der Waals surface area contributed by atoms with Gasteiger partial charge in [-0.1, -0.05) is 18.2 Å². The third kappa shape index (κ3) is 3.31. The summed E-state index contributed by atoms with van der Waals surface area (Å²) in [5.74, 6) is -1.16. The highest BCUT2D eigenvalue weighted by molar-refractivity contribution is 9.10. The van der Waals surface area contributed by atoms with E-state index in [4.69, 9.17) is 5.11 Å². The van der Waals surface area contributed by atoms with Gasteiger partial charge in [-0.05, 0) is 59.1 Å². The Hall–Kier alpha value is -1.86. The van der Waals surface area contributed by atoms with E-state index in [-0.39, 0.29) is 10.5 Å². The van der Waals surface area contributed by atoms with Gasteiger partial charge in [0.15, 0.2) is 0 Å². The average Bonchev–Trinajstić information content (AvgIpc) is 2.40. The Labute approximate surface area is 137 Å². The molecule has 0 spiro atoms. The Kier molecular flexibility index (Phi) is 4.58. The van der Waals surface area contributed by atoms with Crippen LogP contribution in [-0.2, 0) is 10.0 Å². The van der Waals surface area contributed by atoms with Crippen LogP contribution in [-0.4, -0.2) is 19.5 Å². The van der Waals surface area contributed by atoms with Crippen molar-refractivity contribution in [1.82, 2.24) is 0 Å². The van der Waals surface area contributed by atoms with Crippen LogP contribution in [0.15, 0.2) is 45.8 Å². The molecule has 0 saturated carbocycles. The topological polar surface area (TPSA) is 83.5 Å². The maximum atomic E-state index is 12.5. The molecular formula is C15H14BrNO4S. The zero-order chi connectivity index (χ0) is 16.5. The van der Waals surface area contributed by atoms with Crippen LogP contribution in [0.1, 0.15) is 21.5 Å². The van der Waals surface area contributed by atoms with Gasteiger partial charge < -0.3 is 5.11 Å². The molecule has 0 radical (unpaired) electrons. The fourth-order valence-corrected chi connectivity index (χ4v) is 3.94. The molecule has 0 aliphatic carbocycles. The summed E-state index contributed by atoms with van der Waals surface area (Å²) in [7, 11) is -3.88. The van der Waals surface area contributed by atoms with Gasteiger partial charge in [0.1, 0.15) is 0 Å². The lowest BCUT2D eigenvalue weighted by Gasteiger charge is -2.13. The summed E-state index contributed by atoms with van der Waals surface area (Å²) < 4.78 is 28.1. The molecule has 2 aromatic rings. The molecule has 0 bridgehead atoms. The zero-order valence-electron chi connectivity index (χ0n) is 11.9. The minimum Gasteiger partial charge on any atom is -0.478 e. The van der Waals surface area contributed by atoms with Crippen LogP contribution < -0.4 is 4.72 Å². The molecule has 7 heteroatoms. The summed E-state index contributed by atoms with van der Waals surface area (Å²) in [4.78, 5) is 11.2. The molecule has 0 amide bonds. The Morgan fingerprint density at radius 3 is 2.36 bits per heavy atom. The zero-order valence-corrected chi connectivity index (χ0v) is 14.3. The fraction of sp³-hybridized carbons (Fsp3) is 0.133. The second-order valence-corrected chi connectivity index (χ2v) is 7.33. The molecule has 0 aromatic heterocycles. The van der Waals surface area contributed by atoms with Gasteiger partial charge in [-0.3, -0.25) is 4.72 Å². The van der Waals surface area contributed by atoms with E-state index in [1.165, 1.54) is 6.07 Å². The molecule has 2 N–H and O–H groups in total. The smallest absolute Gasteiger partial charge is 0.335 e. The first-order chi connectivity index (χ1) is 10.2. The predicted molar refractivity (Wildman–Crippen MR) is 87.8 cm³/mol. The van der Waals surface area contributed by atoms with Gasteiger partial charge in [0.25, 0.3) is 10.0 Å². The first-order valence-electron chi connectivity index (χ1n) is 6.34. The van der Waals surface area contributed by atoms with E-state index in [1.54, 1.807) is 44.2 Å². The quantitative estimate of drug-likeness (QED) is 0.844. The highest BCUT2D eigenvalue weighted by Gasteiger charge is 2.21. The molecule has 0 heterocycles. The van der Waals surface area contributed by atoms with Crippen LogP contribution in [0.4, 0.5) is 5.69 Å². The molecule has 0 aliphatic rings. The number of carbonyl (C=O) groups is 1. The Bertz CT molecular complexity index is 847. The van der Waals surface area contributed by atoms with Crippen molar-refractivity contribution in [2.24, 2.45) is 0 Å². The number of anilines is 1. The lowest BCUT2D eigenvalue weighted by Crippen LogP contribution is -2.16. The largest absolute Gasteiger partial charge is 0.478 e. The summed E-state index contributed by atoms with van der Waals surface area (Å²) in [5, 5.41) is 9.16. The van der Waals surface area contributed by atoms with Crippen molar-refractivity contribution in [2.75, 3.05) is 4.72 Å². The van der Waals surface area contributed by atoms with E-state index in [0.717, 1.165) is 0 Å². The lowest BCUT2D eigenvalue weighted by atomic mass is 10.1. The van der Waals surface area contributed by atoms with Crippen LogP contribution in [0.3, 0.4) is 0 Å². The van der Waals surface area contributed by atoms with Crippen LogP contribution >= 0.6 is 15.9 Å². The van der Waals surface area contributed by atoms with E-state index in [1.807, 2.05) is 0 Å². The Morgan fingerprint density at radius 2 is 1.77 bits per heavy atom. The van der Waals surface area contributed by atoms with Crippen molar-refractivity contribution in [3.63, 3.8) is 0 Å². The predicted octanol–water partition coefficient (Wildman–Crippen LogP) is 3.56. The lowest BCUT2D eigenvalue weighted by molar-refractivity contribution is 0.0696. The van der Waals surface area contributed by atoms with E-state index >= 15 is 0 Å². The van der Waals surface area contributed by atoms with E-state index < -0.39 is 16.0 Å². The minimum atomic E-state index is -3.88.